The standard InChI is InChI=1S/C22H26FN3O5S/c23-18-7-6-17-16(8-9-24-20(17)21(18)31-13-15-4-5-15)14-32(29,30)11-3-1-2-10-26-12-19(27)25-22(26)28/h6-9,15H,1-5,10-14H2,(H,25,27,28). The highest BCUT2D eigenvalue weighted by molar-refractivity contribution is 7.90. The number of unbranched alkanes of at least 4 members (excludes halogenated alkanes) is 2. The van der Waals surface area contributed by atoms with Crippen LogP contribution >= 0.6 is 0 Å². The number of urea groups is 1. The molecule has 1 aliphatic carbocycles. The predicted molar refractivity (Wildman–Crippen MR) is 116 cm³/mol. The Morgan fingerprint density at radius 1 is 1.16 bits per heavy atom. The van der Waals surface area contributed by atoms with E-state index in [1.54, 1.807) is 12.1 Å². The summed E-state index contributed by atoms with van der Waals surface area (Å²) in [7, 11) is -3.39. The zero-order chi connectivity index (χ0) is 22.7. The molecule has 32 heavy (non-hydrogen) atoms. The molecule has 0 atom stereocenters. The normalized spacial score (nSPS) is 16.6. The van der Waals surface area contributed by atoms with Crippen molar-refractivity contribution < 1.29 is 27.1 Å². The molecule has 3 amide bonds. The summed E-state index contributed by atoms with van der Waals surface area (Å²) in [5.41, 5.74) is 0.912. The van der Waals surface area contributed by atoms with Crippen LogP contribution in [0.25, 0.3) is 10.9 Å². The number of nitrogens with zero attached hydrogens (tertiary/aromatic N) is 2. The number of imide groups is 1. The molecule has 1 aromatic carbocycles. The molecule has 2 aromatic rings. The van der Waals surface area contributed by atoms with Gasteiger partial charge in [0.1, 0.15) is 12.1 Å². The van der Waals surface area contributed by atoms with Gasteiger partial charge >= 0.3 is 6.03 Å². The Labute approximate surface area is 186 Å². The third-order valence-corrected chi connectivity index (χ3v) is 7.36. The van der Waals surface area contributed by atoms with Gasteiger partial charge in [0.2, 0.25) is 5.91 Å². The average molecular weight is 464 g/mol. The van der Waals surface area contributed by atoms with E-state index in [0.717, 1.165) is 12.8 Å². The molecule has 8 nitrogen and oxygen atoms in total. The highest BCUT2D eigenvalue weighted by Gasteiger charge is 2.26. The second-order valence-electron chi connectivity index (χ2n) is 8.42. The Hall–Kier alpha value is -2.75. The Kier molecular flexibility index (Phi) is 6.59. The van der Waals surface area contributed by atoms with Crippen molar-refractivity contribution in [3.8, 4) is 5.75 Å². The molecule has 2 fully saturated rings. The number of hydrogen-bond acceptors (Lipinski definition) is 6. The molecule has 1 aromatic heterocycles. The number of aromatic nitrogens is 1. The van der Waals surface area contributed by atoms with Crippen molar-refractivity contribution in [3.63, 3.8) is 0 Å². The SMILES string of the molecule is O=C1CN(CCCCCS(=O)(=O)Cc2ccnc3c(OCC4CC4)c(F)ccc23)C(=O)N1. The molecule has 4 rings (SSSR count). The second-order valence-corrected chi connectivity index (χ2v) is 10.6. The van der Waals surface area contributed by atoms with Crippen LogP contribution in [0.3, 0.4) is 0 Å². The zero-order valence-electron chi connectivity index (χ0n) is 17.7. The van der Waals surface area contributed by atoms with E-state index >= 15 is 0 Å². The van der Waals surface area contributed by atoms with Crippen molar-refractivity contribution in [1.29, 1.82) is 0 Å². The second kappa shape index (κ2) is 9.40. The fourth-order valence-electron chi connectivity index (χ4n) is 3.75. The van der Waals surface area contributed by atoms with Crippen LogP contribution in [0, 0.1) is 11.7 Å². The van der Waals surface area contributed by atoms with E-state index in [4.69, 9.17) is 4.74 Å². The summed E-state index contributed by atoms with van der Waals surface area (Å²) in [6, 6.07) is 4.09. The van der Waals surface area contributed by atoms with Crippen molar-refractivity contribution >= 4 is 32.7 Å². The fraction of sp³-hybridized carbons (Fsp3) is 0.500. The van der Waals surface area contributed by atoms with Crippen LogP contribution in [0.5, 0.6) is 5.75 Å². The largest absolute Gasteiger partial charge is 0.488 e. The van der Waals surface area contributed by atoms with Gasteiger partial charge in [-0.05, 0) is 55.4 Å². The van der Waals surface area contributed by atoms with Gasteiger partial charge in [0, 0.05) is 18.1 Å². The summed E-state index contributed by atoms with van der Waals surface area (Å²) in [6.45, 7) is 0.911. The van der Waals surface area contributed by atoms with Gasteiger partial charge in [0.15, 0.2) is 21.4 Å². The predicted octanol–water partition coefficient (Wildman–Crippen LogP) is 2.80. The van der Waals surface area contributed by atoms with E-state index < -0.39 is 21.7 Å². The first-order chi connectivity index (χ1) is 15.3. The molecule has 0 radical (unpaired) electrons. The lowest BCUT2D eigenvalue weighted by Gasteiger charge is -2.13. The van der Waals surface area contributed by atoms with Gasteiger partial charge in [-0.15, -0.1) is 0 Å². The van der Waals surface area contributed by atoms with Gasteiger partial charge in [-0.2, -0.15) is 0 Å². The fourth-order valence-corrected chi connectivity index (χ4v) is 5.26. The van der Waals surface area contributed by atoms with Crippen LogP contribution in [0.1, 0.15) is 37.7 Å². The number of pyridine rings is 1. The van der Waals surface area contributed by atoms with Crippen molar-refractivity contribution in [2.75, 3.05) is 25.4 Å². The first-order valence-corrected chi connectivity index (χ1v) is 12.6. The number of sulfone groups is 1. The summed E-state index contributed by atoms with van der Waals surface area (Å²) >= 11 is 0. The lowest BCUT2D eigenvalue weighted by Crippen LogP contribution is -2.29. The number of nitrogens with one attached hydrogen (secondary N) is 1. The molecule has 2 aliphatic rings. The Morgan fingerprint density at radius 2 is 1.97 bits per heavy atom. The molecule has 0 spiro atoms. The lowest BCUT2D eigenvalue weighted by molar-refractivity contribution is -0.118. The smallest absolute Gasteiger partial charge is 0.324 e. The Morgan fingerprint density at radius 3 is 2.69 bits per heavy atom. The molecule has 10 heteroatoms. The summed E-state index contributed by atoms with van der Waals surface area (Å²) in [6.07, 6.45) is 5.34. The number of hydrogen-bond donors (Lipinski definition) is 1. The van der Waals surface area contributed by atoms with Crippen LogP contribution < -0.4 is 10.1 Å². The lowest BCUT2D eigenvalue weighted by atomic mass is 10.1. The number of fused-ring (bicyclic) bond motifs is 1. The number of carbonyl (C=O) groups is 2. The summed E-state index contributed by atoms with van der Waals surface area (Å²) in [5, 5.41) is 2.79. The molecule has 2 heterocycles. The van der Waals surface area contributed by atoms with Crippen LogP contribution in [-0.4, -0.2) is 55.7 Å². The monoisotopic (exact) mass is 463 g/mol. The average Bonchev–Trinajstić information content (AvgIpc) is 3.50. The van der Waals surface area contributed by atoms with Crippen LogP contribution in [-0.2, 0) is 20.4 Å². The molecule has 0 bridgehead atoms. The maximum absolute atomic E-state index is 14.3. The Bertz CT molecular complexity index is 1130. The molecule has 1 N–H and O–H groups in total. The maximum atomic E-state index is 14.3. The van der Waals surface area contributed by atoms with Crippen LogP contribution in [0.2, 0.25) is 0 Å². The molecule has 1 saturated heterocycles. The molecule has 1 saturated carbocycles. The molecular formula is C22H26FN3O5S. The highest BCUT2D eigenvalue weighted by atomic mass is 32.2. The number of rotatable bonds is 11. The molecular weight excluding hydrogens is 437 g/mol. The number of halogens is 1. The third kappa shape index (κ3) is 5.53. The van der Waals surface area contributed by atoms with E-state index in [9.17, 15) is 22.4 Å². The minimum absolute atomic E-state index is 0.00811. The van der Waals surface area contributed by atoms with Crippen molar-refractivity contribution in [2.45, 2.75) is 37.9 Å². The first-order valence-electron chi connectivity index (χ1n) is 10.8. The van der Waals surface area contributed by atoms with Gasteiger partial charge in [-0.3, -0.25) is 15.1 Å². The Balaban J connectivity index is 1.35. The number of carbonyl (C=O) groups excluding carboxylic acids is 2. The molecule has 1 aliphatic heterocycles. The maximum Gasteiger partial charge on any atom is 0.324 e. The van der Waals surface area contributed by atoms with Gasteiger partial charge in [-0.25, -0.2) is 17.6 Å². The van der Waals surface area contributed by atoms with E-state index in [1.807, 2.05) is 0 Å². The number of amides is 3. The van der Waals surface area contributed by atoms with Crippen LogP contribution in [0.15, 0.2) is 24.4 Å². The van der Waals surface area contributed by atoms with Gasteiger partial charge in [-0.1, -0.05) is 6.42 Å². The summed E-state index contributed by atoms with van der Waals surface area (Å²) < 4.78 is 45.4. The van der Waals surface area contributed by atoms with E-state index in [0.29, 0.717) is 54.8 Å². The van der Waals surface area contributed by atoms with Crippen LogP contribution in [0.4, 0.5) is 9.18 Å². The van der Waals surface area contributed by atoms with Crippen molar-refractivity contribution in [1.82, 2.24) is 15.2 Å². The zero-order valence-corrected chi connectivity index (χ0v) is 18.5. The van der Waals surface area contributed by atoms with E-state index in [1.165, 1.54) is 17.2 Å². The topological polar surface area (TPSA) is 106 Å². The van der Waals surface area contributed by atoms with Crippen molar-refractivity contribution in [3.05, 3.63) is 35.8 Å². The quantitative estimate of drug-likeness (QED) is 0.406. The van der Waals surface area contributed by atoms with Gasteiger partial charge in [0.05, 0.1) is 18.1 Å². The summed E-state index contributed by atoms with van der Waals surface area (Å²) in [5.74, 6) is -0.439. The van der Waals surface area contributed by atoms with Crippen molar-refractivity contribution in [2.24, 2.45) is 5.92 Å². The highest BCUT2D eigenvalue weighted by Crippen LogP contribution is 2.34. The first kappa shape index (κ1) is 22.4. The third-order valence-electron chi connectivity index (χ3n) is 5.70. The molecule has 0 unspecified atom stereocenters. The number of benzene rings is 1. The number of ether oxygens (including phenoxy) is 1. The molecule has 172 valence electrons. The van der Waals surface area contributed by atoms with Gasteiger partial charge in [0.25, 0.3) is 0 Å². The minimum Gasteiger partial charge on any atom is -0.488 e. The van der Waals surface area contributed by atoms with E-state index in [-0.39, 0.29) is 29.7 Å². The minimum atomic E-state index is -3.39. The summed E-state index contributed by atoms with van der Waals surface area (Å²) in [4.78, 5) is 28.3. The van der Waals surface area contributed by atoms with Gasteiger partial charge < -0.3 is 9.64 Å². The van der Waals surface area contributed by atoms with E-state index in [2.05, 4.69) is 10.3 Å².